The second kappa shape index (κ2) is 5.24. The van der Waals surface area contributed by atoms with Gasteiger partial charge in [0.2, 0.25) is 0 Å². The first-order valence-electron chi connectivity index (χ1n) is 6.67. The van der Waals surface area contributed by atoms with Crippen LogP contribution in [0.2, 0.25) is 0 Å². The number of benzene rings is 1. The van der Waals surface area contributed by atoms with Gasteiger partial charge in [-0.2, -0.15) is 13.2 Å². The molecular weight excluding hydrogens is 311 g/mol. The molecule has 1 saturated heterocycles. The van der Waals surface area contributed by atoms with Crippen LogP contribution in [0.3, 0.4) is 0 Å². The Kier molecular flexibility index (Phi) is 3.64. The van der Waals surface area contributed by atoms with Gasteiger partial charge in [0.15, 0.2) is 11.5 Å². The molecule has 0 radical (unpaired) electrons. The van der Waals surface area contributed by atoms with Crippen molar-refractivity contribution in [3.05, 3.63) is 23.8 Å². The standard InChI is InChI=1S/C13H13F5N2O2/c14-12(15,16)11(20-5-3-19-4-6-20)8-1-2-9-10(7-8)22-13(17,18)21-9/h1-2,7,11,19H,3-6H2/t11-/m1/s1. The maximum atomic E-state index is 13.4. The summed E-state index contributed by atoms with van der Waals surface area (Å²) in [5.41, 5.74) is -0.144. The largest absolute Gasteiger partial charge is 0.586 e. The molecule has 2 aliphatic rings. The lowest BCUT2D eigenvalue weighted by Crippen LogP contribution is -2.49. The minimum atomic E-state index is -4.52. The van der Waals surface area contributed by atoms with Crippen LogP contribution in [0.15, 0.2) is 18.2 Å². The fourth-order valence-corrected chi connectivity index (χ4v) is 2.68. The molecule has 0 aromatic heterocycles. The Bertz CT molecular complexity index is 558. The second-order valence-corrected chi connectivity index (χ2v) is 5.10. The average Bonchev–Trinajstić information content (AvgIpc) is 2.71. The summed E-state index contributed by atoms with van der Waals surface area (Å²) in [6, 6.07) is 1.32. The van der Waals surface area contributed by atoms with E-state index < -0.39 is 18.5 Å². The fourth-order valence-electron chi connectivity index (χ4n) is 2.68. The lowest BCUT2D eigenvalue weighted by Gasteiger charge is -2.36. The summed E-state index contributed by atoms with van der Waals surface area (Å²) < 4.78 is 74.6. The molecule has 1 aromatic rings. The third kappa shape index (κ3) is 2.95. The second-order valence-electron chi connectivity index (χ2n) is 5.10. The van der Waals surface area contributed by atoms with Gasteiger partial charge in [-0.3, -0.25) is 4.90 Å². The molecule has 0 aliphatic carbocycles. The molecule has 2 heterocycles. The maximum absolute atomic E-state index is 13.4. The predicted molar refractivity (Wildman–Crippen MR) is 65.9 cm³/mol. The van der Waals surface area contributed by atoms with Crippen molar-refractivity contribution in [3.63, 3.8) is 0 Å². The average molecular weight is 324 g/mol. The molecule has 1 fully saturated rings. The Balaban J connectivity index is 1.92. The van der Waals surface area contributed by atoms with Crippen molar-refractivity contribution in [2.75, 3.05) is 26.2 Å². The zero-order valence-electron chi connectivity index (χ0n) is 11.3. The van der Waals surface area contributed by atoms with Crippen molar-refractivity contribution in [3.8, 4) is 11.5 Å². The first-order chi connectivity index (χ1) is 10.3. The lowest BCUT2D eigenvalue weighted by atomic mass is 10.0. The quantitative estimate of drug-likeness (QED) is 0.848. The van der Waals surface area contributed by atoms with Crippen molar-refractivity contribution in [1.82, 2.24) is 10.2 Å². The van der Waals surface area contributed by atoms with Gasteiger partial charge in [-0.25, -0.2) is 0 Å². The van der Waals surface area contributed by atoms with Gasteiger partial charge in [-0.1, -0.05) is 6.07 Å². The minimum absolute atomic E-state index is 0.144. The summed E-state index contributed by atoms with van der Waals surface area (Å²) in [7, 11) is 0. The highest BCUT2D eigenvalue weighted by atomic mass is 19.4. The zero-order valence-corrected chi connectivity index (χ0v) is 11.3. The monoisotopic (exact) mass is 324 g/mol. The molecular formula is C13H13F5N2O2. The van der Waals surface area contributed by atoms with Crippen LogP contribution in [0.5, 0.6) is 11.5 Å². The molecule has 0 spiro atoms. The van der Waals surface area contributed by atoms with Gasteiger partial charge in [-0.05, 0) is 17.7 Å². The highest BCUT2D eigenvalue weighted by molar-refractivity contribution is 5.46. The van der Waals surface area contributed by atoms with Crippen LogP contribution in [0.25, 0.3) is 0 Å². The molecule has 0 bridgehead atoms. The highest BCUT2D eigenvalue weighted by Crippen LogP contribution is 2.45. The molecule has 1 N–H and O–H groups in total. The number of halogens is 5. The molecule has 4 nitrogen and oxygen atoms in total. The number of nitrogens with one attached hydrogen (secondary N) is 1. The van der Waals surface area contributed by atoms with Crippen molar-refractivity contribution < 1.29 is 31.4 Å². The Hall–Kier alpha value is -1.61. The summed E-state index contributed by atoms with van der Waals surface area (Å²) in [6.07, 6.45) is -8.36. The van der Waals surface area contributed by atoms with Crippen LogP contribution in [0.4, 0.5) is 22.0 Å². The minimum Gasteiger partial charge on any atom is -0.395 e. The van der Waals surface area contributed by atoms with E-state index in [1.54, 1.807) is 0 Å². The SMILES string of the molecule is FC1(F)Oc2ccc([C@@H](N3CCNCC3)C(F)(F)F)cc2O1. The van der Waals surface area contributed by atoms with E-state index >= 15 is 0 Å². The van der Waals surface area contributed by atoms with Gasteiger partial charge in [0, 0.05) is 26.2 Å². The third-order valence-electron chi connectivity index (χ3n) is 3.57. The van der Waals surface area contributed by atoms with Crippen LogP contribution in [-0.2, 0) is 0 Å². The third-order valence-corrected chi connectivity index (χ3v) is 3.57. The molecule has 1 aromatic carbocycles. The molecule has 0 unspecified atom stereocenters. The van der Waals surface area contributed by atoms with E-state index in [0.717, 1.165) is 18.2 Å². The van der Waals surface area contributed by atoms with E-state index in [9.17, 15) is 22.0 Å². The molecule has 2 aliphatic heterocycles. The summed E-state index contributed by atoms with van der Waals surface area (Å²) in [6.45, 7) is 1.31. The van der Waals surface area contributed by atoms with Gasteiger partial charge >= 0.3 is 12.5 Å². The van der Waals surface area contributed by atoms with Gasteiger partial charge in [0.1, 0.15) is 6.04 Å². The normalized spacial score (nSPS) is 22.6. The van der Waals surface area contributed by atoms with Gasteiger partial charge in [0.25, 0.3) is 0 Å². The van der Waals surface area contributed by atoms with E-state index in [1.165, 1.54) is 4.90 Å². The Morgan fingerprint density at radius 2 is 1.73 bits per heavy atom. The van der Waals surface area contributed by atoms with Crippen molar-refractivity contribution in [2.24, 2.45) is 0 Å². The van der Waals surface area contributed by atoms with Gasteiger partial charge in [0.05, 0.1) is 0 Å². The van der Waals surface area contributed by atoms with Crippen molar-refractivity contribution in [2.45, 2.75) is 18.5 Å². The Morgan fingerprint density at radius 1 is 1.09 bits per heavy atom. The summed E-state index contributed by atoms with van der Waals surface area (Å²) in [4.78, 5) is 1.27. The smallest absolute Gasteiger partial charge is 0.395 e. The summed E-state index contributed by atoms with van der Waals surface area (Å²) >= 11 is 0. The van der Waals surface area contributed by atoms with Crippen LogP contribution in [-0.4, -0.2) is 43.5 Å². The van der Waals surface area contributed by atoms with E-state index in [0.29, 0.717) is 13.1 Å². The highest BCUT2D eigenvalue weighted by Gasteiger charge is 2.47. The Labute approximate surface area is 122 Å². The van der Waals surface area contributed by atoms with Crippen LogP contribution < -0.4 is 14.8 Å². The van der Waals surface area contributed by atoms with E-state index in [2.05, 4.69) is 14.8 Å². The summed E-state index contributed by atoms with van der Waals surface area (Å²) in [5.74, 6) is -0.651. The number of fused-ring (bicyclic) bond motifs is 1. The number of alkyl halides is 5. The van der Waals surface area contributed by atoms with Crippen LogP contribution in [0, 0.1) is 0 Å². The number of ether oxygens (including phenoxy) is 2. The molecule has 3 rings (SSSR count). The summed E-state index contributed by atoms with van der Waals surface area (Å²) in [5, 5.41) is 2.97. The van der Waals surface area contributed by atoms with E-state index in [4.69, 9.17) is 0 Å². The molecule has 9 heteroatoms. The number of rotatable bonds is 2. The van der Waals surface area contributed by atoms with Gasteiger partial charge < -0.3 is 14.8 Å². The van der Waals surface area contributed by atoms with Crippen LogP contribution >= 0.6 is 0 Å². The lowest BCUT2D eigenvalue weighted by molar-refractivity contribution is -0.286. The molecule has 122 valence electrons. The predicted octanol–water partition coefficient (Wildman–Crippen LogP) is 2.52. The number of hydrogen-bond acceptors (Lipinski definition) is 4. The van der Waals surface area contributed by atoms with E-state index in [-0.39, 0.29) is 30.2 Å². The van der Waals surface area contributed by atoms with Crippen molar-refractivity contribution in [1.29, 1.82) is 0 Å². The molecule has 1 atom stereocenters. The topological polar surface area (TPSA) is 33.7 Å². The van der Waals surface area contributed by atoms with Crippen LogP contribution in [0.1, 0.15) is 11.6 Å². The molecule has 22 heavy (non-hydrogen) atoms. The fraction of sp³-hybridized carbons (Fsp3) is 0.538. The van der Waals surface area contributed by atoms with Crippen molar-refractivity contribution >= 4 is 0 Å². The van der Waals surface area contributed by atoms with E-state index in [1.807, 2.05) is 0 Å². The number of hydrogen-bond donors (Lipinski definition) is 1. The Morgan fingerprint density at radius 3 is 2.36 bits per heavy atom. The number of piperazine rings is 1. The first-order valence-corrected chi connectivity index (χ1v) is 6.67. The first kappa shape index (κ1) is 15.3. The van der Waals surface area contributed by atoms with Gasteiger partial charge in [-0.15, -0.1) is 8.78 Å². The number of nitrogens with zero attached hydrogens (tertiary/aromatic N) is 1. The molecule has 0 saturated carbocycles. The maximum Gasteiger partial charge on any atom is 0.586 e. The molecule has 0 amide bonds. The zero-order chi connectivity index (χ0) is 16.0.